The summed E-state index contributed by atoms with van der Waals surface area (Å²) in [7, 11) is 0. The zero-order valence-electron chi connectivity index (χ0n) is 14.1. The van der Waals surface area contributed by atoms with Crippen molar-refractivity contribution in [2.45, 2.75) is 65.6 Å². The van der Waals surface area contributed by atoms with Gasteiger partial charge in [0.15, 0.2) is 0 Å². The SMILES string of the molecule is CCN(CC)Cc1ccccc1CNC(C)CC1CCC1. The predicted molar refractivity (Wildman–Crippen MR) is 91.3 cm³/mol. The molecule has 1 aliphatic rings. The highest BCUT2D eigenvalue weighted by Gasteiger charge is 2.19. The van der Waals surface area contributed by atoms with E-state index in [0.29, 0.717) is 6.04 Å². The second kappa shape index (κ2) is 8.55. The predicted octanol–water partition coefficient (Wildman–Crippen LogP) is 4.20. The minimum Gasteiger partial charge on any atom is -0.310 e. The van der Waals surface area contributed by atoms with Crippen LogP contribution in [0.3, 0.4) is 0 Å². The van der Waals surface area contributed by atoms with Gasteiger partial charge in [0, 0.05) is 19.1 Å². The molecule has 1 aliphatic carbocycles. The normalized spacial score (nSPS) is 17.0. The van der Waals surface area contributed by atoms with Crippen LogP contribution in [-0.4, -0.2) is 24.0 Å². The summed E-state index contributed by atoms with van der Waals surface area (Å²) in [5.41, 5.74) is 2.94. The summed E-state index contributed by atoms with van der Waals surface area (Å²) >= 11 is 0. The maximum Gasteiger partial charge on any atom is 0.0236 e. The van der Waals surface area contributed by atoms with Gasteiger partial charge in [0.25, 0.3) is 0 Å². The van der Waals surface area contributed by atoms with Crippen LogP contribution in [0.4, 0.5) is 0 Å². The molecule has 0 amide bonds. The molecule has 0 spiro atoms. The standard InChI is InChI=1S/C19H32N2/c1-4-21(5-2)15-19-12-7-6-11-18(19)14-20-16(3)13-17-9-8-10-17/h6-7,11-12,16-17,20H,4-5,8-10,13-15H2,1-3H3. The Kier molecular flexibility index (Phi) is 6.72. The van der Waals surface area contributed by atoms with E-state index in [4.69, 9.17) is 0 Å². The Morgan fingerprint density at radius 1 is 1.14 bits per heavy atom. The van der Waals surface area contributed by atoms with E-state index in [1.54, 1.807) is 0 Å². The molecule has 2 heteroatoms. The van der Waals surface area contributed by atoms with Gasteiger partial charge in [-0.05, 0) is 43.5 Å². The van der Waals surface area contributed by atoms with E-state index >= 15 is 0 Å². The number of hydrogen-bond acceptors (Lipinski definition) is 2. The van der Waals surface area contributed by atoms with Crippen molar-refractivity contribution >= 4 is 0 Å². The van der Waals surface area contributed by atoms with Gasteiger partial charge in [-0.2, -0.15) is 0 Å². The van der Waals surface area contributed by atoms with Crippen LogP contribution >= 0.6 is 0 Å². The van der Waals surface area contributed by atoms with E-state index in [-0.39, 0.29) is 0 Å². The van der Waals surface area contributed by atoms with Crippen LogP contribution in [0.1, 0.15) is 57.6 Å². The van der Waals surface area contributed by atoms with E-state index in [1.807, 2.05) is 0 Å². The third kappa shape index (κ3) is 5.12. The van der Waals surface area contributed by atoms with Gasteiger partial charge < -0.3 is 5.32 Å². The molecule has 118 valence electrons. The summed E-state index contributed by atoms with van der Waals surface area (Å²) in [6.45, 7) is 11.1. The summed E-state index contributed by atoms with van der Waals surface area (Å²) in [5.74, 6) is 0.985. The van der Waals surface area contributed by atoms with Crippen LogP contribution in [-0.2, 0) is 13.1 Å². The molecule has 0 radical (unpaired) electrons. The van der Waals surface area contributed by atoms with Gasteiger partial charge in [0.05, 0.1) is 0 Å². The molecule has 0 aromatic heterocycles. The zero-order valence-corrected chi connectivity index (χ0v) is 14.1. The van der Waals surface area contributed by atoms with Crippen molar-refractivity contribution in [2.75, 3.05) is 13.1 Å². The molecule has 21 heavy (non-hydrogen) atoms. The van der Waals surface area contributed by atoms with Gasteiger partial charge in [-0.15, -0.1) is 0 Å². The molecular weight excluding hydrogens is 256 g/mol. The Hall–Kier alpha value is -0.860. The van der Waals surface area contributed by atoms with Crippen LogP contribution in [0.2, 0.25) is 0 Å². The molecule has 0 aliphatic heterocycles. The second-order valence-corrected chi connectivity index (χ2v) is 6.54. The molecule has 0 bridgehead atoms. The maximum atomic E-state index is 3.73. The molecule has 1 fully saturated rings. The van der Waals surface area contributed by atoms with Crippen molar-refractivity contribution in [2.24, 2.45) is 5.92 Å². The minimum absolute atomic E-state index is 0.636. The number of nitrogens with zero attached hydrogens (tertiary/aromatic N) is 1. The summed E-state index contributed by atoms with van der Waals surface area (Å²) in [6, 6.07) is 9.53. The lowest BCUT2D eigenvalue weighted by molar-refractivity contribution is 0.265. The van der Waals surface area contributed by atoms with E-state index in [9.17, 15) is 0 Å². The van der Waals surface area contributed by atoms with E-state index in [1.165, 1.54) is 36.8 Å². The van der Waals surface area contributed by atoms with Crippen molar-refractivity contribution in [1.82, 2.24) is 10.2 Å². The van der Waals surface area contributed by atoms with Crippen molar-refractivity contribution < 1.29 is 0 Å². The number of nitrogens with one attached hydrogen (secondary N) is 1. The fraction of sp³-hybridized carbons (Fsp3) is 0.684. The molecule has 1 unspecified atom stereocenters. The molecule has 1 aromatic carbocycles. The summed E-state index contributed by atoms with van der Waals surface area (Å²) in [5, 5.41) is 3.73. The van der Waals surface area contributed by atoms with Crippen LogP contribution in [0.5, 0.6) is 0 Å². The quantitative estimate of drug-likeness (QED) is 0.732. The first-order valence-corrected chi connectivity index (χ1v) is 8.75. The van der Waals surface area contributed by atoms with Crippen molar-refractivity contribution in [3.8, 4) is 0 Å². The summed E-state index contributed by atoms with van der Waals surface area (Å²) in [4.78, 5) is 2.48. The summed E-state index contributed by atoms with van der Waals surface area (Å²) in [6.07, 6.45) is 5.69. The number of rotatable bonds is 9. The Bertz CT molecular complexity index is 408. The van der Waals surface area contributed by atoms with Crippen LogP contribution in [0.25, 0.3) is 0 Å². The Morgan fingerprint density at radius 3 is 2.38 bits per heavy atom. The van der Waals surface area contributed by atoms with Gasteiger partial charge in [0.1, 0.15) is 0 Å². The average molecular weight is 288 g/mol. The molecule has 1 atom stereocenters. The fourth-order valence-electron chi connectivity index (χ4n) is 3.17. The lowest BCUT2D eigenvalue weighted by Crippen LogP contribution is -2.30. The number of hydrogen-bond donors (Lipinski definition) is 1. The smallest absolute Gasteiger partial charge is 0.0236 e. The highest BCUT2D eigenvalue weighted by atomic mass is 15.1. The first-order valence-electron chi connectivity index (χ1n) is 8.75. The van der Waals surface area contributed by atoms with E-state index in [2.05, 4.69) is 55.3 Å². The largest absolute Gasteiger partial charge is 0.310 e. The fourth-order valence-corrected chi connectivity index (χ4v) is 3.17. The highest BCUT2D eigenvalue weighted by molar-refractivity contribution is 5.27. The van der Waals surface area contributed by atoms with Gasteiger partial charge in [0.2, 0.25) is 0 Å². The average Bonchev–Trinajstić information content (AvgIpc) is 2.47. The van der Waals surface area contributed by atoms with E-state index in [0.717, 1.165) is 32.1 Å². The molecule has 2 nitrogen and oxygen atoms in total. The summed E-state index contributed by atoms with van der Waals surface area (Å²) < 4.78 is 0. The van der Waals surface area contributed by atoms with Crippen LogP contribution < -0.4 is 5.32 Å². The third-order valence-corrected chi connectivity index (χ3v) is 4.96. The Balaban J connectivity index is 1.86. The molecule has 1 N–H and O–H groups in total. The van der Waals surface area contributed by atoms with Gasteiger partial charge in [-0.3, -0.25) is 4.90 Å². The van der Waals surface area contributed by atoms with Crippen LogP contribution in [0, 0.1) is 5.92 Å². The maximum absolute atomic E-state index is 3.73. The van der Waals surface area contributed by atoms with E-state index < -0.39 is 0 Å². The molecule has 1 aromatic rings. The first-order chi connectivity index (χ1) is 10.2. The lowest BCUT2D eigenvalue weighted by atomic mass is 9.81. The topological polar surface area (TPSA) is 15.3 Å². The van der Waals surface area contributed by atoms with Crippen molar-refractivity contribution in [3.63, 3.8) is 0 Å². The van der Waals surface area contributed by atoms with Crippen molar-refractivity contribution in [3.05, 3.63) is 35.4 Å². The second-order valence-electron chi connectivity index (χ2n) is 6.54. The van der Waals surface area contributed by atoms with Gasteiger partial charge in [-0.25, -0.2) is 0 Å². The highest BCUT2D eigenvalue weighted by Crippen LogP contribution is 2.30. The molecule has 2 rings (SSSR count). The van der Waals surface area contributed by atoms with Crippen LogP contribution in [0.15, 0.2) is 24.3 Å². The molecule has 0 heterocycles. The van der Waals surface area contributed by atoms with Gasteiger partial charge >= 0.3 is 0 Å². The lowest BCUT2D eigenvalue weighted by Gasteiger charge is -2.29. The van der Waals surface area contributed by atoms with Gasteiger partial charge in [-0.1, -0.05) is 57.4 Å². The molecular formula is C19H32N2. The third-order valence-electron chi connectivity index (χ3n) is 4.96. The minimum atomic E-state index is 0.636. The Labute approximate surface area is 130 Å². The molecule has 1 saturated carbocycles. The monoisotopic (exact) mass is 288 g/mol. The molecule has 0 saturated heterocycles. The first kappa shape index (κ1) is 16.5. The Morgan fingerprint density at radius 2 is 1.81 bits per heavy atom. The van der Waals surface area contributed by atoms with Crippen molar-refractivity contribution in [1.29, 1.82) is 0 Å². The zero-order chi connectivity index (χ0) is 15.1. The number of benzene rings is 1.